The molecule has 0 saturated carbocycles. The van der Waals surface area contributed by atoms with Gasteiger partial charge >= 0.3 is 5.97 Å². The van der Waals surface area contributed by atoms with Crippen molar-refractivity contribution >= 4 is 11.8 Å². The first kappa shape index (κ1) is 11.4. The molecule has 1 aromatic heterocycles. The number of rotatable bonds is 2. The van der Waals surface area contributed by atoms with Crippen molar-refractivity contribution in [3.05, 3.63) is 18.1 Å². The van der Waals surface area contributed by atoms with E-state index in [1.165, 1.54) is 6.20 Å². The zero-order valence-corrected chi connectivity index (χ0v) is 10.3. The highest BCUT2D eigenvalue weighted by Gasteiger charge is 2.39. The number of aromatic nitrogens is 2. The molecule has 6 nitrogen and oxygen atoms in total. The minimum absolute atomic E-state index is 0.123. The Labute approximate surface area is 105 Å². The lowest BCUT2D eigenvalue weighted by atomic mass is 10.0. The van der Waals surface area contributed by atoms with Gasteiger partial charge in [0.1, 0.15) is 5.82 Å². The third kappa shape index (κ3) is 1.92. The lowest BCUT2D eigenvalue weighted by Crippen LogP contribution is -2.27. The van der Waals surface area contributed by atoms with Crippen LogP contribution < -0.4 is 4.90 Å². The van der Waals surface area contributed by atoms with Crippen LogP contribution in [0.15, 0.2) is 12.3 Å². The maximum absolute atomic E-state index is 10.9. The summed E-state index contributed by atoms with van der Waals surface area (Å²) in [6.45, 7) is 4.17. The molecule has 0 aromatic carbocycles. The predicted molar refractivity (Wildman–Crippen MR) is 65.7 cm³/mol. The Morgan fingerprint density at radius 3 is 2.61 bits per heavy atom. The van der Waals surface area contributed by atoms with Crippen molar-refractivity contribution in [2.45, 2.75) is 0 Å². The fourth-order valence-corrected chi connectivity index (χ4v) is 3.04. The van der Waals surface area contributed by atoms with E-state index >= 15 is 0 Å². The normalized spacial score (nSPS) is 27.5. The molecule has 3 heterocycles. The van der Waals surface area contributed by atoms with Gasteiger partial charge in [0, 0.05) is 32.4 Å². The van der Waals surface area contributed by atoms with Crippen molar-refractivity contribution in [3.63, 3.8) is 0 Å². The molecule has 1 aromatic rings. The summed E-state index contributed by atoms with van der Waals surface area (Å²) in [5, 5.41) is 8.90. The van der Waals surface area contributed by atoms with E-state index in [9.17, 15) is 4.79 Å². The second-order valence-corrected chi connectivity index (χ2v) is 5.19. The molecule has 96 valence electrons. The summed E-state index contributed by atoms with van der Waals surface area (Å²) in [6, 6.07) is 1.79. The van der Waals surface area contributed by atoms with Gasteiger partial charge in [-0.1, -0.05) is 0 Å². The minimum atomic E-state index is -1.07. The highest BCUT2D eigenvalue weighted by atomic mass is 16.4. The van der Waals surface area contributed by atoms with Gasteiger partial charge < -0.3 is 14.9 Å². The van der Waals surface area contributed by atoms with Gasteiger partial charge in [-0.05, 0) is 24.9 Å². The number of aromatic carboxylic acids is 1. The SMILES string of the molecule is CN1CC2CN(c3ccnc(C(=O)O)n3)CC2C1. The van der Waals surface area contributed by atoms with Crippen LogP contribution >= 0.6 is 0 Å². The average Bonchev–Trinajstić information content (AvgIpc) is 2.86. The number of carbonyl (C=O) groups is 1. The summed E-state index contributed by atoms with van der Waals surface area (Å²) in [5.41, 5.74) is 0. The monoisotopic (exact) mass is 248 g/mol. The zero-order valence-electron chi connectivity index (χ0n) is 10.3. The predicted octanol–water partition coefficient (Wildman–Crippen LogP) is 0.173. The lowest BCUT2D eigenvalue weighted by Gasteiger charge is -2.20. The third-order valence-electron chi connectivity index (χ3n) is 3.82. The van der Waals surface area contributed by atoms with Gasteiger partial charge in [-0.3, -0.25) is 0 Å². The first-order valence-corrected chi connectivity index (χ1v) is 6.13. The van der Waals surface area contributed by atoms with E-state index in [-0.39, 0.29) is 5.82 Å². The number of hydrogen-bond donors (Lipinski definition) is 1. The Morgan fingerprint density at radius 1 is 1.33 bits per heavy atom. The zero-order chi connectivity index (χ0) is 12.7. The molecule has 2 atom stereocenters. The van der Waals surface area contributed by atoms with Crippen LogP contribution in [0.25, 0.3) is 0 Å². The molecule has 3 rings (SSSR count). The Balaban J connectivity index is 1.77. The van der Waals surface area contributed by atoms with Gasteiger partial charge in [-0.15, -0.1) is 0 Å². The Morgan fingerprint density at radius 2 is 2.00 bits per heavy atom. The standard InChI is InChI=1S/C12H16N4O2/c1-15-4-8-6-16(7-9(8)5-15)10-2-3-13-11(14-10)12(17)18/h2-3,8-9H,4-7H2,1H3,(H,17,18). The van der Waals surface area contributed by atoms with Crippen molar-refractivity contribution in [1.29, 1.82) is 0 Å². The molecule has 0 spiro atoms. The van der Waals surface area contributed by atoms with Crippen molar-refractivity contribution in [2.75, 3.05) is 38.1 Å². The topological polar surface area (TPSA) is 69.6 Å². The van der Waals surface area contributed by atoms with E-state index < -0.39 is 5.97 Å². The molecule has 18 heavy (non-hydrogen) atoms. The van der Waals surface area contributed by atoms with E-state index in [4.69, 9.17) is 5.11 Å². The van der Waals surface area contributed by atoms with E-state index in [0.717, 1.165) is 32.0 Å². The summed E-state index contributed by atoms with van der Waals surface area (Å²) >= 11 is 0. The molecule has 6 heteroatoms. The van der Waals surface area contributed by atoms with Crippen LogP contribution in [0.3, 0.4) is 0 Å². The van der Waals surface area contributed by atoms with Crippen LogP contribution in [-0.2, 0) is 0 Å². The van der Waals surface area contributed by atoms with Crippen molar-refractivity contribution in [1.82, 2.24) is 14.9 Å². The number of fused-ring (bicyclic) bond motifs is 1. The summed E-state index contributed by atoms with van der Waals surface area (Å²) in [6.07, 6.45) is 1.52. The lowest BCUT2D eigenvalue weighted by molar-refractivity contribution is 0.0683. The highest BCUT2D eigenvalue weighted by molar-refractivity contribution is 5.83. The van der Waals surface area contributed by atoms with Crippen LogP contribution in [0.1, 0.15) is 10.6 Å². The molecule has 1 N–H and O–H groups in total. The fraction of sp³-hybridized carbons (Fsp3) is 0.583. The average molecular weight is 248 g/mol. The Bertz CT molecular complexity index is 465. The van der Waals surface area contributed by atoms with Gasteiger partial charge in [-0.25, -0.2) is 14.8 Å². The van der Waals surface area contributed by atoms with Crippen LogP contribution in [-0.4, -0.2) is 59.2 Å². The quantitative estimate of drug-likeness (QED) is 0.804. The summed E-state index contributed by atoms with van der Waals surface area (Å²) < 4.78 is 0. The minimum Gasteiger partial charge on any atom is -0.475 e. The highest BCUT2D eigenvalue weighted by Crippen LogP contribution is 2.32. The van der Waals surface area contributed by atoms with Crippen LogP contribution in [0.5, 0.6) is 0 Å². The number of anilines is 1. The molecule has 0 radical (unpaired) electrons. The van der Waals surface area contributed by atoms with Crippen LogP contribution in [0.4, 0.5) is 5.82 Å². The largest absolute Gasteiger partial charge is 0.475 e. The maximum atomic E-state index is 10.9. The number of nitrogens with zero attached hydrogens (tertiary/aromatic N) is 4. The summed E-state index contributed by atoms with van der Waals surface area (Å²) in [4.78, 5) is 23.2. The third-order valence-corrected chi connectivity index (χ3v) is 3.82. The molecule has 0 bridgehead atoms. The number of carboxylic acids is 1. The first-order valence-electron chi connectivity index (χ1n) is 6.13. The molecular formula is C12H16N4O2. The van der Waals surface area contributed by atoms with Gasteiger partial charge in [0.15, 0.2) is 0 Å². The second-order valence-electron chi connectivity index (χ2n) is 5.19. The Kier molecular flexibility index (Phi) is 2.66. The van der Waals surface area contributed by atoms with Gasteiger partial charge in [0.25, 0.3) is 0 Å². The number of carboxylic acid groups (broad SMARTS) is 1. The molecule has 2 saturated heterocycles. The molecule has 2 fully saturated rings. The van der Waals surface area contributed by atoms with Gasteiger partial charge in [0.2, 0.25) is 5.82 Å². The molecule has 0 amide bonds. The van der Waals surface area contributed by atoms with Crippen molar-refractivity contribution in [2.24, 2.45) is 11.8 Å². The van der Waals surface area contributed by atoms with Gasteiger partial charge in [0.05, 0.1) is 0 Å². The van der Waals surface area contributed by atoms with E-state index in [1.54, 1.807) is 6.07 Å². The molecule has 0 aliphatic carbocycles. The Hall–Kier alpha value is -1.69. The van der Waals surface area contributed by atoms with Gasteiger partial charge in [-0.2, -0.15) is 0 Å². The molecule has 2 unspecified atom stereocenters. The maximum Gasteiger partial charge on any atom is 0.374 e. The van der Waals surface area contributed by atoms with Crippen LogP contribution in [0.2, 0.25) is 0 Å². The number of likely N-dealkylation sites (tertiary alicyclic amines) is 1. The van der Waals surface area contributed by atoms with Crippen LogP contribution in [0, 0.1) is 11.8 Å². The van der Waals surface area contributed by atoms with E-state index in [1.807, 2.05) is 0 Å². The summed E-state index contributed by atoms with van der Waals surface area (Å²) in [7, 11) is 2.15. The van der Waals surface area contributed by atoms with Crippen molar-refractivity contribution < 1.29 is 9.90 Å². The molecular weight excluding hydrogens is 232 g/mol. The fourth-order valence-electron chi connectivity index (χ4n) is 3.04. The van der Waals surface area contributed by atoms with Crippen molar-refractivity contribution in [3.8, 4) is 0 Å². The van der Waals surface area contributed by atoms with E-state index in [0.29, 0.717) is 11.8 Å². The van der Waals surface area contributed by atoms with E-state index in [2.05, 4.69) is 26.8 Å². The first-order chi connectivity index (χ1) is 8.63. The molecule has 2 aliphatic heterocycles. The number of hydrogen-bond acceptors (Lipinski definition) is 5. The second kappa shape index (κ2) is 4.20. The molecule has 2 aliphatic rings. The summed E-state index contributed by atoms with van der Waals surface area (Å²) in [5.74, 6) is 0.897. The smallest absolute Gasteiger partial charge is 0.374 e.